The molecule has 0 radical (unpaired) electrons. The molecule has 2 atom stereocenters. The topological polar surface area (TPSA) is 86.8 Å². The Balaban J connectivity index is 1.55. The van der Waals surface area contributed by atoms with Crippen molar-refractivity contribution in [3.05, 3.63) is 70.2 Å². The third-order valence-electron chi connectivity index (χ3n) is 7.21. The van der Waals surface area contributed by atoms with E-state index < -0.39 is 16.1 Å². The van der Waals surface area contributed by atoms with Gasteiger partial charge in [0.2, 0.25) is 11.8 Å². The van der Waals surface area contributed by atoms with Gasteiger partial charge in [0.05, 0.1) is 10.6 Å². The lowest BCUT2D eigenvalue weighted by atomic mass is 10.1. The van der Waals surface area contributed by atoms with Crippen molar-refractivity contribution in [2.24, 2.45) is 0 Å². The molecule has 4 rings (SSSR count). The fraction of sp³-hybridized carbons (Fsp3) is 0.379. The van der Waals surface area contributed by atoms with Crippen molar-refractivity contribution in [3.63, 3.8) is 0 Å². The van der Waals surface area contributed by atoms with Gasteiger partial charge in [-0.3, -0.25) is 13.9 Å². The number of rotatable bonds is 11. The van der Waals surface area contributed by atoms with E-state index in [9.17, 15) is 18.0 Å². The molecule has 1 heterocycles. The van der Waals surface area contributed by atoms with E-state index in [1.54, 1.807) is 36.4 Å². The number of sulfonamides is 1. The van der Waals surface area contributed by atoms with Crippen molar-refractivity contribution < 1.29 is 18.0 Å². The fourth-order valence-electron chi connectivity index (χ4n) is 4.93. The Morgan fingerprint density at radius 3 is 2.26 bits per heavy atom. The molecule has 3 aromatic rings. The maximum absolute atomic E-state index is 13.7. The van der Waals surface area contributed by atoms with Crippen LogP contribution in [0.2, 0.25) is 10.0 Å². The molecule has 2 amide bonds. The van der Waals surface area contributed by atoms with Crippen LogP contribution in [0.4, 0.5) is 5.69 Å². The number of nitrogens with one attached hydrogen (secondary N) is 1. The number of anilines is 1. The van der Waals surface area contributed by atoms with Crippen molar-refractivity contribution in [2.75, 3.05) is 10.8 Å². The van der Waals surface area contributed by atoms with Crippen LogP contribution < -0.4 is 9.62 Å². The molecule has 0 aromatic heterocycles. The van der Waals surface area contributed by atoms with E-state index in [1.165, 1.54) is 9.21 Å². The van der Waals surface area contributed by atoms with Gasteiger partial charge >= 0.3 is 0 Å². The van der Waals surface area contributed by atoms with Crippen LogP contribution in [0.5, 0.6) is 0 Å². The number of halogens is 2. The van der Waals surface area contributed by atoms with Crippen LogP contribution >= 0.6 is 23.2 Å². The predicted molar refractivity (Wildman–Crippen MR) is 157 cm³/mol. The van der Waals surface area contributed by atoms with Crippen LogP contribution in [0.15, 0.2) is 59.5 Å². The molecule has 2 unspecified atom stereocenters. The minimum Gasteiger partial charge on any atom is -0.352 e. The Bertz CT molecular complexity index is 1470. The summed E-state index contributed by atoms with van der Waals surface area (Å²) in [6.07, 6.45) is 1.48. The zero-order valence-corrected chi connectivity index (χ0v) is 24.6. The molecule has 208 valence electrons. The highest BCUT2D eigenvalue weighted by molar-refractivity contribution is 7.93. The maximum Gasteiger partial charge on any atom is 0.265 e. The Labute approximate surface area is 240 Å². The second-order valence-corrected chi connectivity index (χ2v) is 12.4. The Kier molecular flexibility index (Phi) is 9.09. The van der Waals surface area contributed by atoms with Crippen LogP contribution in [0.3, 0.4) is 0 Å². The molecule has 0 spiro atoms. The van der Waals surface area contributed by atoms with Crippen molar-refractivity contribution in [2.45, 2.75) is 70.0 Å². The largest absolute Gasteiger partial charge is 0.352 e. The molecule has 7 nitrogen and oxygen atoms in total. The van der Waals surface area contributed by atoms with Gasteiger partial charge in [0, 0.05) is 46.5 Å². The molecule has 0 aliphatic carbocycles. The summed E-state index contributed by atoms with van der Waals surface area (Å²) in [7, 11) is -3.72. The molecule has 0 fully saturated rings. The van der Waals surface area contributed by atoms with Gasteiger partial charge in [-0.25, -0.2) is 8.42 Å². The van der Waals surface area contributed by atoms with Gasteiger partial charge in [0.25, 0.3) is 10.0 Å². The highest BCUT2D eigenvalue weighted by Gasteiger charge is 2.36. The van der Waals surface area contributed by atoms with Crippen molar-refractivity contribution in [1.29, 1.82) is 0 Å². The summed E-state index contributed by atoms with van der Waals surface area (Å²) >= 11 is 12.8. The first-order valence-electron chi connectivity index (χ1n) is 13.2. The normalized spacial score (nSPS) is 15.3. The van der Waals surface area contributed by atoms with Gasteiger partial charge in [0.1, 0.15) is 6.04 Å². The van der Waals surface area contributed by atoms with Crippen molar-refractivity contribution >= 4 is 61.5 Å². The predicted octanol–water partition coefficient (Wildman–Crippen LogP) is 6.16. The van der Waals surface area contributed by atoms with Gasteiger partial charge in [-0.05, 0) is 55.8 Å². The molecule has 3 aromatic carbocycles. The first-order valence-corrected chi connectivity index (χ1v) is 15.4. The smallest absolute Gasteiger partial charge is 0.265 e. The fourth-order valence-corrected chi connectivity index (χ4v) is 7.20. The number of hydrogen-bond acceptors (Lipinski definition) is 4. The summed E-state index contributed by atoms with van der Waals surface area (Å²) in [5.41, 5.74) is 1.18. The summed E-state index contributed by atoms with van der Waals surface area (Å²) in [5, 5.41) is 5.35. The maximum atomic E-state index is 13.7. The minimum atomic E-state index is -3.72. The first-order chi connectivity index (χ1) is 18.6. The third kappa shape index (κ3) is 5.88. The van der Waals surface area contributed by atoms with Crippen LogP contribution in [0.25, 0.3) is 10.8 Å². The monoisotopic (exact) mass is 589 g/mol. The van der Waals surface area contributed by atoms with E-state index in [-0.39, 0.29) is 48.7 Å². The molecular formula is C29H33Cl2N3O4S. The standard InChI is InChI=1S/C29H33Cl2N3O4S/c1-4-19(3)32-29(36)24(5-2)33(18-21-22(30)12-8-13-23(21)31)27(35)16-9-17-34-25-14-6-10-20-11-7-15-26(28(20)25)39(34,37)38/h6-8,10-15,19,24H,4-5,9,16-18H2,1-3H3,(H,32,36). The molecule has 10 heteroatoms. The van der Waals surface area contributed by atoms with Gasteiger partial charge in [0.15, 0.2) is 0 Å². The second kappa shape index (κ2) is 12.1. The number of hydrogen-bond donors (Lipinski definition) is 1. The van der Waals surface area contributed by atoms with Gasteiger partial charge in [-0.15, -0.1) is 0 Å². The van der Waals surface area contributed by atoms with E-state index in [4.69, 9.17) is 23.2 Å². The van der Waals surface area contributed by atoms with Crippen LogP contribution in [-0.4, -0.2) is 43.8 Å². The molecule has 0 bridgehead atoms. The lowest BCUT2D eigenvalue weighted by Gasteiger charge is -2.32. The molecular weight excluding hydrogens is 557 g/mol. The van der Waals surface area contributed by atoms with Gasteiger partial charge in [-0.2, -0.15) is 0 Å². The van der Waals surface area contributed by atoms with E-state index in [2.05, 4.69) is 5.32 Å². The first kappa shape index (κ1) is 29.2. The summed E-state index contributed by atoms with van der Waals surface area (Å²) < 4.78 is 28.0. The zero-order chi connectivity index (χ0) is 28.3. The van der Waals surface area contributed by atoms with E-state index in [0.29, 0.717) is 33.1 Å². The average Bonchev–Trinajstić information content (AvgIpc) is 3.13. The summed E-state index contributed by atoms with van der Waals surface area (Å²) in [6.45, 7) is 5.94. The lowest BCUT2D eigenvalue weighted by Crippen LogP contribution is -2.50. The van der Waals surface area contributed by atoms with Crippen LogP contribution in [0, 0.1) is 0 Å². The summed E-state index contributed by atoms with van der Waals surface area (Å²) in [6, 6.07) is 15.1. The molecule has 0 saturated heterocycles. The number of benzene rings is 3. The number of carbonyl (C=O) groups is 2. The van der Waals surface area contributed by atoms with Crippen molar-refractivity contribution in [3.8, 4) is 0 Å². The van der Waals surface area contributed by atoms with E-state index in [1.807, 2.05) is 39.0 Å². The molecule has 1 aliphatic rings. The number of carbonyl (C=O) groups excluding carboxylic acids is 2. The Hall–Kier alpha value is -2.81. The molecule has 1 N–H and O–H groups in total. The molecule has 0 saturated carbocycles. The highest BCUT2D eigenvalue weighted by atomic mass is 35.5. The number of amides is 2. The van der Waals surface area contributed by atoms with Gasteiger partial charge in [-0.1, -0.05) is 67.4 Å². The third-order valence-corrected chi connectivity index (χ3v) is 9.77. The Morgan fingerprint density at radius 1 is 0.974 bits per heavy atom. The summed E-state index contributed by atoms with van der Waals surface area (Å²) in [5.74, 6) is -0.517. The quantitative estimate of drug-likeness (QED) is 0.290. The summed E-state index contributed by atoms with van der Waals surface area (Å²) in [4.78, 5) is 28.7. The van der Waals surface area contributed by atoms with E-state index in [0.717, 1.165) is 11.8 Å². The lowest BCUT2D eigenvalue weighted by molar-refractivity contribution is -0.141. The minimum absolute atomic E-state index is 0.0443. The average molecular weight is 591 g/mol. The highest BCUT2D eigenvalue weighted by Crippen LogP contribution is 2.42. The SMILES string of the molecule is CCC(C)NC(=O)C(CC)N(Cc1c(Cl)cccc1Cl)C(=O)CCCN1c2cccc3cccc(c23)S1(=O)=O. The Morgan fingerprint density at radius 2 is 1.62 bits per heavy atom. The zero-order valence-electron chi connectivity index (χ0n) is 22.3. The molecule has 39 heavy (non-hydrogen) atoms. The van der Waals surface area contributed by atoms with E-state index >= 15 is 0 Å². The number of nitrogens with zero attached hydrogens (tertiary/aromatic N) is 2. The molecule has 1 aliphatic heterocycles. The second-order valence-electron chi connectivity index (χ2n) is 9.78. The van der Waals surface area contributed by atoms with Gasteiger partial charge < -0.3 is 10.2 Å². The van der Waals surface area contributed by atoms with Crippen LogP contribution in [-0.2, 0) is 26.2 Å². The van der Waals surface area contributed by atoms with Crippen LogP contribution in [0.1, 0.15) is 52.0 Å². The van der Waals surface area contributed by atoms with Crippen molar-refractivity contribution in [1.82, 2.24) is 10.2 Å².